The Morgan fingerprint density at radius 2 is 2.08 bits per heavy atom. The molecule has 0 radical (unpaired) electrons. The molecule has 0 spiro atoms. The highest BCUT2D eigenvalue weighted by Crippen LogP contribution is 2.33. The van der Waals surface area contributed by atoms with Gasteiger partial charge in [0.1, 0.15) is 11.9 Å². The Kier molecular flexibility index (Phi) is 5.20. The fourth-order valence-electron chi connectivity index (χ4n) is 3.50. The van der Waals surface area contributed by atoms with Gasteiger partial charge in [0.15, 0.2) is 5.82 Å². The third kappa shape index (κ3) is 3.75. The summed E-state index contributed by atoms with van der Waals surface area (Å²) in [5.74, 6) is 2.87. The van der Waals surface area contributed by atoms with Crippen molar-refractivity contribution >= 4 is 5.91 Å². The Balaban J connectivity index is 1.65. The number of nitrogens with zero attached hydrogens (tertiary/aromatic N) is 5. The molecule has 136 valence electrons. The van der Waals surface area contributed by atoms with Gasteiger partial charge in [-0.3, -0.25) is 4.79 Å². The minimum absolute atomic E-state index is 0.00659. The molecular formula is C18H27N5O2. The van der Waals surface area contributed by atoms with E-state index in [9.17, 15) is 4.79 Å². The molecule has 7 heteroatoms. The zero-order valence-electron chi connectivity index (χ0n) is 15.5. The van der Waals surface area contributed by atoms with E-state index in [1.54, 1.807) is 18.1 Å². The third-order valence-corrected chi connectivity index (χ3v) is 4.93. The van der Waals surface area contributed by atoms with E-state index in [0.717, 1.165) is 24.6 Å². The molecule has 1 saturated carbocycles. The topological polar surface area (TPSA) is 77.0 Å². The number of imidazole rings is 1. The maximum Gasteiger partial charge on any atom is 0.245 e. The van der Waals surface area contributed by atoms with Crippen LogP contribution in [0.15, 0.2) is 16.9 Å². The summed E-state index contributed by atoms with van der Waals surface area (Å²) >= 11 is 0. The van der Waals surface area contributed by atoms with E-state index in [-0.39, 0.29) is 17.9 Å². The molecule has 0 unspecified atom stereocenters. The Morgan fingerprint density at radius 1 is 1.36 bits per heavy atom. The molecule has 3 rings (SSSR count). The third-order valence-electron chi connectivity index (χ3n) is 4.93. The normalized spacial score (nSPS) is 16.5. The summed E-state index contributed by atoms with van der Waals surface area (Å²) in [6, 6.07) is -0.314. The zero-order valence-corrected chi connectivity index (χ0v) is 15.5. The van der Waals surface area contributed by atoms with Crippen LogP contribution in [0.1, 0.15) is 81.9 Å². The summed E-state index contributed by atoms with van der Waals surface area (Å²) in [6.07, 6.45) is 8.28. The number of hydrogen-bond donors (Lipinski definition) is 0. The quantitative estimate of drug-likeness (QED) is 0.803. The molecule has 1 atom stereocenters. The number of amides is 1. The van der Waals surface area contributed by atoms with Gasteiger partial charge in [0.2, 0.25) is 11.8 Å². The van der Waals surface area contributed by atoms with Crippen LogP contribution in [0.3, 0.4) is 0 Å². The summed E-state index contributed by atoms with van der Waals surface area (Å²) in [6.45, 7) is 6.39. The molecule has 2 aromatic rings. The molecule has 1 aliphatic rings. The molecule has 0 saturated heterocycles. The van der Waals surface area contributed by atoms with Gasteiger partial charge < -0.3 is 14.0 Å². The van der Waals surface area contributed by atoms with Gasteiger partial charge in [0, 0.05) is 31.3 Å². The van der Waals surface area contributed by atoms with Gasteiger partial charge in [-0.05, 0) is 19.8 Å². The lowest BCUT2D eigenvalue weighted by Crippen LogP contribution is -2.33. The van der Waals surface area contributed by atoms with Crippen LogP contribution in [0, 0.1) is 0 Å². The second kappa shape index (κ2) is 7.37. The molecular weight excluding hydrogens is 318 g/mol. The first kappa shape index (κ1) is 17.6. The van der Waals surface area contributed by atoms with Crippen LogP contribution in [0.2, 0.25) is 0 Å². The van der Waals surface area contributed by atoms with Gasteiger partial charge in [-0.1, -0.05) is 31.8 Å². The Hall–Kier alpha value is -2.18. The lowest BCUT2D eigenvalue weighted by molar-refractivity contribution is -0.133. The lowest BCUT2D eigenvalue weighted by atomic mass is 10.1. The van der Waals surface area contributed by atoms with Crippen LogP contribution in [0.25, 0.3) is 0 Å². The van der Waals surface area contributed by atoms with Gasteiger partial charge >= 0.3 is 0 Å². The number of aromatic nitrogens is 4. The van der Waals surface area contributed by atoms with E-state index >= 15 is 0 Å². The van der Waals surface area contributed by atoms with Crippen LogP contribution in [0.4, 0.5) is 0 Å². The minimum Gasteiger partial charge on any atom is -0.339 e. The highest BCUT2D eigenvalue weighted by atomic mass is 16.5. The average Bonchev–Trinajstić information content (AvgIpc) is 3.32. The Bertz CT molecular complexity index is 715. The van der Waals surface area contributed by atoms with Crippen molar-refractivity contribution in [3.05, 3.63) is 29.9 Å². The van der Waals surface area contributed by atoms with Gasteiger partial charge in [0.05, 0.1) is 6.54 Å². The predicted molar refractivity (Wildman–Crippen MR) is 93.0 cm³/mol. The summed E-state index contributed by atoms with van der Waals surface area (Å²) in [4.78, 5) is 23.3. The van der Waals surface area contributed by atoms with Crippen molar-refractivity contribution in [2.45, 2.75) is 70.9 Å². The van der Waals surface area contributed by atoms with Crippen molar-refractivity contribution < 1.29 is 9.32 Å². The molecule has 25 heavy (non-hydrogen) atoms. The van der Waals surface area contributed by atoms with Crippen molar-refractivity contribution in [3.8, 4) is 0 Å². The van der Waals surface area contributed by atoms with E-state index in [1.807, 2.05) is 17.7 Å². The van der Waals surface area contributed by atoms with Gasteiger partial charge in [-0.2, -0.15) is 4.98 Å². The van der Waals surface area contributed by atoms with Crippen molar-refractivity contribution in [2.75, 3.05) is 7.05 Å². The van der Waals surface area contributed by atoms with Gasteiger partial charge in [-0.15, -0.1) is 0 Å². The monoisotopic (exact) mass is 345 g/mol. The second-order valence-corrected chi connectivity index (χ2v) is 7.25. The Morgan fingerprint density at radius 3 is 2.76 bits per heavy atom. The van der Waals surface area contributed by atoms with Crippen LogP contribution >= 0.6 is 0 Å². The van der Waals surface area contributed by atoms with Crippen molar-refractivity contribution in [3.63, 3.8) is 0 Å². The standard InChI is InChI=1S/C18H27N5O2/c1-12(2)16-19-9-10-23(16)13(3)18(24)22(4)11-15-20-17(25-21-15)14-7-5-6-8-14/h9-10,12-14H,5-8,11H2,1-4H3/t13-/m0/s1. The molecule has 0 aromatic carbocycles. The summed E-state index contributed by atoms with van der Waals surface area (Å²) < 4.78 is 7.33. The number of carbonyl (C=O) groups is 1. The van der Waals surface area contributed by atoms with Crippen LogP contribution in [-0.2, 0) is 11.3 Å². The fraction of sp³-hybridized carbons (Fsp3) is 0.667. The first-order valence-electron chi connectivity index (χ1n) is 9.07. The molecule has 0 bridgehead atoms. The minimum atomic E-state index is -0.314. The van der Waals surface area contributed by atoms with E-state index in [0.29, 0.717) is 18.3 Å². The number of hydrogen-bond acceptors (Lipinski definition) is 5. The largest absolute Gasteiger partial charge is 0.339 e. The van der Waals surface area contributed by atoms with Crippen LogP contribution < -0.4 is 0 Å². The summed E-state index contributed by atoms with van der Waals surface area (Å²) in [5.41, 5.74) is 0. The van der Waals surface area contributed by atoms with Gasteiger partial charge in [-0.25, -0.2) is 4.98 Å². The highest BCUT2D eigenvalue weighted by Gasteiger charge is 2.26. The van der Waals surface area contributed by atoms with E-state index < -0.39 is 0 Å². The highest BCUT2D eigenvalue weighted by molar-refractivity contribution is 5.79. The average molecular weight is 345 g/mol. The van der Waals surface area contributed by atoms with E-state index in [4.69, 9.17) is 4.52 Å². The second-order valence-electron chi connectivity index (χ2n) is 7.25. The number of likely N-dealkylation sites (N-methyl/N-ethyl adjacent to an activating group) is 1. The zero-order chi connectivity index (χ0) is 18.0. The first-order valence-corrected chi connectivity index (χ1v) is 9.07. The van der Waals surface area contributed by atoms with E-state index in [1.165, 1.54) is 12.8 Å². The summed E-state index contributed by atoms with van der Waals surface area (Å²) in [7, 11) is 1.77. The first-order chi connectivity index (χ1) is 12.0. The molecule has 1 aliphatic carbocycles. The molecule has 0 aliphatic heterocycles. The maximum absolute atomic E-state index is 12.8. The van der Waals surface area contributed by atoms with Crippen LogP contribution in [-0.4, -0.2) is 37.5 Å². The predicted octanol–water partition coefficient (Wildman–Crippen LogP) is 3.27. The lowest BCUT2D eigenvalue weighted by Gasteiger charge is -2.23. The smallest absolute Gasteiger partial charge is 0.245 e. The van der Waals surface area contributed by atoms with Crippen molar-refractivity contribution in [1.82, 2.24) is 24.6 Å². The summed E-state index contributed by atoms with van der Waals surface area (Å²) in [5, 5.41) is 4.05. The van der Waals surface area contributed by atoms with Crippen molar-refractivity contribution in [1.29, 1.82) is 0 Å². The van der Waals surface area contributed by atoms with Gasteiger partial charge in [0.25, 0.3) is 0 Å². The van der Waals surface area contributed by atoms with Crippen molar-refractivity contribution in [2.24, 2.45) is 0 Å². The molecule has 1 amide bonds. The molecule has 7 nitrogen and oxygen atoms in total. The van der Waals surface area contributed by atoms with E-state index in [2.05, 4.69) is 29.0 Å². The molecule has 2 aromatic heterocycles. The maximum atomic E-state index is 12.8. The fourth-order valence-corrected chi connectivity index (χ4v) is 3.50. The Labute approximate surface area is 148 Å². The number of rotatable bonds is 6. The molecule has 0 N–H and O–H groups in total. The SMILES string of the molecule is CC(C)c1nccn1[C@@H](C)C(=O)N(C)Cc1noc(C2CCCC2)n1. The molecule has 1 fully saturated rings. The molecule has 2 heterocycles. The number of carbonyl (C=O) groups excluding carboxylic acids is 1. The van der Waals surface area contributed by atoms with Crippen LogP contribution in [0.5, 0.6) is 0 Å².